The number of benzene rings is 2. The molecular weight excluding hydrogens is 298 g/mol. The Bertz CT molecular complexity index is 699. The van der Waals surface area contributed by atoms with Crippen molar-refractivity contribution in [3.05, 3.63) is 64.7 Å². The molecule has 0 bridgehead atoms. The summed E-state index contributed by atoms with van der Waals surface area (Å²) in [6.45, 7) is 2.79. The molecule has 0 aliphatic carbocycles. The molecule has 0 aromatic heterocycles. The molecular formula is C18H16ClNO2. The summed E-state index contributed by atoms with van der Waals surface area (Å²) in [5.74, 6) is 6.43. The molecule has 0 radical (unpaired) electrons. The first kappa shape index (κ1) is 15.9. The van der Waals surface area contributed by atoms with Crippen LogP contribution in [-0.2, 0) is 0 Å². The molecule has 1 amide bonds. The van der Waals surface area contributed by atoms with Gasteiger partial charge in [-0.3, -0.25) is 4.79 Å². The molecule has 4 heteroatoms. The van der Waals surface area contributed by atoms with Gasteiger partial charge in [0.05, 0.1) is 13.2 Å². The second kappa shape index (κ2) is 8.11. The van der Waals surface area contributed by atoms with Crippen LogP contribution >= 0.6 is 11.6 Å². The second-order valence-electron chi connectivity index (χ2n) is 4.45. The summed E-state index contributed by atoms with van der Waals surface area (Å²) in [6.07, 6.45) is 0. The van der Waals surface area contributed by atoms with E-state index in [2.05, 4.69) is 17.2 Å². The number of hydrogen-bond acceptors (Lipinski definition) is 2. The standard InChI is InChI=1S/C18H16ClNO2/c1-2-22-17-10-8-15(9-11-17)18(21)20-12-4-6-14-5-3-7-16(19)13-14/h3,5,7-11,13H,2,12H2,1H3,(H,20,21). The van der Waals surface area contributed by atoms with Crippen molar-refractivity contribution in [3.8, 4) is 17.6 Å². The van der Waals surface area contributed by atoms with Crippen LogP contribution in [0.25, 0.3) is 0 Å². The lowest BCUT2D eigenvalue weighted by molar-refractivity contribution is 0.0958. The number of ether oxygens (including phenoxy) is 1. The minimum Gasteiger partial charge on any atom is -0.494 e. The van der Waals surface area contributed by atoms with Crippen molar-refractivity contribution in [1.29, 1.82) is 0 Å². The Hall–Kier alpha value is -2.44. The molecule has 2 aromatic carbocycles. The van der Waals surface area contributed by atoms with Crippen molar-refractivity contribution >= 4 is 17.5 Å². The molecule has 0 atom stereocenters. The van der Waals surface area contributed by atoms with Crippen LogP contribution in [0.1, 0.15) is 22.8 Å². The van der Waals surface area contributed by atoms with Crippen LogP contribution in [0.3, 0.4) is 0 Å². The van der Waals surface area contributed by atoms with E-state index in [9.17, 15) is 4.79 Å². The maximum Gasteiger partial charge on any atom is 0.252 e. The van der Waals surface area contributed by atoms with Crippen molar-refractivity contribution in [3.63, 3.8) is 0 Å². The van der Waals surface area contributed by atoms with Crippen LogP contribution in [-0.4, -0.2) is 19.1 Å². The molecule has 22 heavy (non-hydrogen) atoms. The van der Waals surface area contributed by atoms with Crippen LogP contribution in [0.5, 0.6) is 5.75 Å². The number of carbonyl (C=O) groups is 1. The highest BCUT2D eigenvalue weighted by molar-refractivity contribution is 6.30. The average molecular weight is 314 g/mol. The van der Waals surface area contributed by atoms with E-state index in [-0.39, 0.29) is 12.5 Å². The molecule has 0 aliphatic heterocycles. The largest absolute Gasteiger partial charge is 0.494 e. The molecule has 0 saturated heterocycles. The predicted octanol–water partition coefficient (Wildman–Crippen LogP) is 3.52. The lowest BCUT2D eigenvalue weighted by atomic mass is 10.2. The second-order valence-corrected chi connectivity index (χ2v) is 4.89. The fourth-order valence-electron chi connectivity index (χ4n) is 1.81. The van der Waals surface area contributed by atoms with E-state index in [1.165, 1.54) is 0 Å². The van der Waals surface area contributed by atoms with Gasteiger partial charge in [0.2, 0.25) is 0 Å². The summed E-state index contributed by atoms with van der Waals surface area (Å²) in [4.78, 5) is 11.9. The van der Waals surface area contributed by atoms with Crippen LogP contribution in [0.2, 0.25) is 5.02 Å². The van der Waals surface area contributed by atoms with Gasteiger partial charge in [-0.05, 0) is 49.4 Å². The summed E-state index contributed by atoms with van der Waals surface area (Å²) in [5, 5.41) is 3.39. The van der Waals surface area contributed by atoms with Crippen molar-refractivity contribution in [2.75, 3.05) is 13.2 Å². The van der Waals surface area contributed by atoms with Gasteiger partial charge in [-0.1, -0.05) is 29.5 Å². The molecule has 0 aliphatic rings. The van der Waals surface area contributed by atoms with Crippen LogP contribution in [0.4, 0.5) is 0 Å². The summed E-state index contributed by atoms with van der Waals surface area (Å²) < 4.78 is 5.33. The van der Waals surface area contributed by atoms with Gasteiger partial charge in [-0.15, -0.1) is 0 Å². The van der Waals surface area contributed by atoms with E-state index in [4.69, 9.17) is 16.3 Å². The van der Waals surface area contributed by atoms with E-state index in [0.29, 0.717) is 17.2 Å². The summed E-state index contributed by atoms with van der Waals surface area (Å²) in [7, 11) is 0. The van der Waals surface area contributed by atoms with Gasteiger partial charge >= 0.3 is 0 Å². The first-order valence-corrected chi connectivity index (χ1v) is 7.32. The lowest BCUT2D eigenvalue weighted by Gasteiger charge is -2.04. The Morgan fingerprint density at radius 2 is 2.00 bits per heavy atom. The van der Waals surface area contributed by atoms with Crippen molar-refractivity contribution < 1.29 is 9.53 Å². The number of nitrogens with one attached hydrogen (secondary N) is 1. The maximum atomic E-state index is 11.9. The molecule has 2 aromatic rings. The van der Waals surface area contributed by atoms with Crippen molar-refractivity contribution in [1.82, 2.24) is 5.32 Å². The summed E-state index contributed by atoms with van der Waals surface area (Å²) in [5.41, 5.74) is 1.40. The molecule has 0 saturated carbocycles. The van der Waals surface area contributed by atoms with Gasteiger partial charge in [0, 0.05) is 16.1 Å². The molecule has 112 valence electrons. The summed E-state index contributed by atoms with van der Waals surface area (Å²) >= 11 is 5.88. The van der Waals surface area contributed by atoms with Gasteiger partial charge < -0.3 is 10.1 Å². The molecule has 3 nitrogen and oxygen atoms in total. The van der Waals surface area contributed by atoms with Gasteiger partial charge in [0.15, 0.2) is 0 Å². The molecule has 0 heterocycles. The van der Waals surface area contributed by atoms with Gasteiger partial charge in [-0.25, -0.2) is 0 Å². The van der Waals surface area contributed by atoms with E-state index in [0.717, 1.165) is 11.3 Å². The first-order valence-electron chi connectivity index (χ1n) is 6.94. The molecule has 2 rings (SSSR count). The molecule has 0 spiro atoms. The van der Waals surface area contributed by atoms with E-state index in [1.54, 1.807) is 36.4 Å². The van der Waals surface area contributed by atoms with E-state index in [1.807, 2.05) is 19.1 Å². The fourth-order valence-corrected chi connectivity index (χ4v) is 2.00. The number of carbonyl (C=O) groups excluding carboxylic acids is 1. The zero-order valence-corrected chi connectivity index (χ0v) is 13.0. The third-order valence-corrected chi connectivity index (χ3v) is 3.06. The van der Waals surface area contributed by atoms with Gasteiger partial charge in [0.1, 0.15) is 5.75 Å². The third kappa shape index (κ3) is 4.83. The quantitative estimate of drug-likeness (QED) is 0.877. The molecule has 1 N–H and O–H groups in total. The number of hydrogen-bond donors (Lipinski definition) is 1. The average Bonchev–Trinajstić information content (AvgIpc) is 2.52. The molecule has 0 unspecified atom stereocenters. The fraction of sp³-hybridized carbons (Fsp3) is 0.167. The lowest BCUT2D eigenvalue weighted by Crippen LogP contribution is -2.23. The maximum absolute atomic E-state index is 11.9. The highest BCUT2D eigenvalue weighted by atomic mass is 35.5. The van der Waals surface area contributed by atoms with Crippen LogP contribution < -0.4 is 10.1 Å². The minimum absolute atomic E-state index is 0.163. The Labute approximate surface area is 135 Å². The Balaban J connectivity index is 1.88. The Kier molecular flexibility index (Phi) is 5.88. The van der Waals surface area contributed by atoms with Gasteiger partial charge in [0.25, 0.3) is 5.91 Å². The predicted molar refractivity (Wildman–Crippen MR) is 88.3 cm³/mol. The minimum atomic E-state index is -0.163. The zero-order chi connectivity index (χ0) is 15.8. The SMILES string of the molecule is CCOc1ccc(C(=O)NCC#Cc2cccc(Cl)c2)cc1. The normalized spacial score (nSPS) is 9.55. The number of halogens is 1. The van der Waals surface area contributed by atoms with Gasteiger partial charge in [-0.2, -0.15) is 0 Å². The first-order chi connectivity index (χ1) is 10.7. The third-order valence-electron chi connectivity index (χ3n) is 2.82. The monoisotopic (exact) mass is 313 g/mol. The van der Waals surface area contributed by atoms with E-state index >= 15 is 0 Å². The van der Waals surface area contributed by atoms with E-state index < -0.39 is 0 Å². The smallest absolute Gasteiger partial charge is 0.252 e. The summed E-state index contributed by atoms with van der Waals surface area (Å²) in [6, 6.07) is 14.3. The highest BCUT2D eigenvalue weighted by Gasteiger charge is 2.03. The zero-order valence-electron chi connectivity index (χ0n) is 12.2. The highest BCUT2D eigenvalue weighted by Crippen LogP contribution is 2.12. The number of amides is 1. The van der Waals surface area contributed by atoms with Crippen molar-refractivity contribution in [2.24, 2.45) is 0 Å². The topological polar surface area (TPSA) is 38.3 Å². The van der Waals surface area contributed by atoms with Crippen molar-refractivity contribution in [2.45, 2.75) is 6.92 Å². The Morgan fingerprint density at radius 1 is 1.23 bits per heavy atom. The number of rotatable bonds is 4. The molecule has 0 fully saturated rings. The Morgan fingerprint density at radius 3 is 2.68 bits per heavy atom. The van der Waals surface area contributed by atoms with Crippen LogP contribution in [0.15, 0.2) is 48.5 Å². The van der Waals surface area contributed by atoms with Crippen LogP contribution in [0, 0.1) is 11.8 Å².